The van der Waals surface area contributed by atoms with Gasteiger partial charge in [0.15, 0.2) is 0 Å². The Hall–Kier alpha value is -4.30. The van der Waals surface area contributed by atoms with E-state index in [4.69, 9.17) is 5.26 Å². The van der Waals surface area contributed by atoms with Crippen molar-refractivity contribution in [3.8, 4) is 11.9 Å². The lowest BCUT2D eigenvalue weighted by Crippen LogP contribution is -2.42. The predicted molar refractivity (Wildman–Crippen MR) is 124 cm³/mol. The summed E-state index contributed by atoms with van der Waals surface area (Å²) in [7, 11) is 1.75. The highest BCUT2D eigenvalue weighted by Gasteiger charge is 2.27. The molecule has 0 spiro atoms. The van der Waals surface area contributed by atoms with Crippen LogP contribution >= 0.6 is 0 Å². The first kappa shape index (κ1) is 22.9. The van der Waals surface area contributed by atoms with E-state index in [1.165, 1.54) is 26.2 Å². The van der Waals surface area contributed by atoms with E-state index in [2.05, 4.69) is 31.8 Å². The molecule has 4 aromatic heterocycles. The Kier molecular flexibility index (Phi) is 6.00. The first-order chi connectivity index (χ1) is 16.2. The number of alkyl halides is 1. The van der Waals surface area contributed by atoms with E-state index < -0.39 is 17.7 Å². The second-order valence-electron chi connectivity index (χ2n) is 8.32. The number of aryl methyl sites for hydroxylation is 1. The summed E-state index contributed by atoms with van der Waals surface area (Å²) < 4.78 is 17.5. The van der Waals surface area contributed by atoms with Gasteiger partial charge in [0, 0.05) is 43.2 Å². The Bertz CT molecular complexity index is 1400. The van der Waals surface area contributed by atoms with E-state index in [1.807, 2.05) is 6.07 Å². The van der Waals surface area contributed by atoms with Crippen LogP contribution in [0.2, 0.25) is 0 Å². The molecule has 1 amide bonds. The van der Waals surface area contributed by atoms with Gasteiger partial charge in [-0.2, -0.15) is 10.4 Å². The van der Waals surface area contributed by atoms with Gasteiger partial charge in [-0.25, -0.2) is 14.4 Å². The van der Waals surface area contributed by atoms with Crippen molar-refractivity contribution in [2.45, 2.75) is 25.6 Å². The maximum atomic E-state index is 14.2. The van der Waals surface area contributed by atoms with E-state index in [1.54, 1.807) is 46.9 Å². The molecule has 0 fully saturated rings. The minimum Gasteiger partial charge on any atom is -0.387 e. The molecule has 4 aromatic rings. The second-order valence-corrected chi connectivity index (χ2v) is 8.32. The number of anilines is 2. The molecular formula is C23H23FN8O2. The minimum absolute atomic E-state index is 0.184. The predicted octanol–water partition coefficient (Wildman–Crippen LogP) is 2.61. The molecule has 1 unspecified atom stereocenters. The Morgan fingerprint density at radius 1 is 1.29 bits per heavy atom. The summed E-state index contributed by atoms with van der Waals surface area (Å²) in [5.74, 6) is 0.554. The fraction of sp³-hybridized carbons (Fsp3) is 0.261. The van der Waals surface area contributed by atoms with Crippen LogP contribution in [0.15, 0.2) is 49.1 Å². The zero-order chi connectivity index (χ0) is 24.5. The molecule has 11 heteroatoms. The summed E-state index contributed by atoms with van der Waals surface area (Å²) in [6.07, 6.45) is 4.60. The third-order valence-corrected chi connectivity index (χ3v) is 5.33. The average molecular weight is 462 g/mol. The number of carbonyl (C=O) groups is 1. The van der Waals surface area contributed by atoms with Crippen molar-refractivity contribution in [3.63, 3.8) is 0 Å². The number of nitriles is 1. The number of pyridine rings is 2. The number of halogens is 1. The monoisotopic (exact) mass is 462 g/mol. The molecule has 1 atom stereocenters. The Labute approximate surface area is 194 Å². The smallest absolute Gasteiger partial charge is 0.255 e. The van der Waals surface area contributed by atoms with Crippen LogP contribution in [0.1, 0.15) is 29.8 Å². The topological polar surface area (TPSA) is 134 Å². The molecule has 0 aromatic carbocycles. The molecule has 0 saturated heterocycles. The van der Waals surface area contributed by atoms with Crippen LogP contribution in [-0.4, -0.2) is 53.6 Å². The minimum atomic E-state index is -1.65. The lowest BCUT2D eigenvalue weighted by molar-refractivity contribution is -0.00177. The molecule has 4 heterocycles. The summed E-state index contributed by atoms with van der Waals surface area (Å²) in [5, 5.41) is 29.5. The largest absolute Gasteiger partial charge is 0.387 e. The molecule has 0 bridgehead atoms. The molecule has 174 valence electrons. The number of nitrogens with zero attached hydrogens (tertiary/aromatic N) is 6. The molecule has 4 rings (SSSR count). The number of aromatic nitrogens is 5. The first-order valence-corrected chi connectivity index (χ1v) is 10.4. The van der Waals surface area contributed by atoms with Crippen LogP contribution in [0.25, 0.3) is 16.9 Å². The van der Waals surface area contributed by atoms with Crippen LogP contribution in [0.4, 0.5) is 15.9 Å². The molecule has 0 aliphatic rings. The van der Waals surface area contributed by atoms with Gasteiger partial charge < -0.3 is 15.7 Å². The average Bonchev–Trinajstić information content (AvgIpc) is 3.41. The standard InChI is InChI=1S/C23H23FN8O2/c1-23(2,34)18(24)13-28-22(33)16-12-26-20(9-17(16)30-19-4-6-29-31(19)3)32-7-5-15-8-14(10-25)11-27-21(15)32/h4-9,11-12,18,34H,13H2,1-3H3,(H,26,30)(H,28,33). The summed E-state index contributed by atoms with van der Waals surface area (Å²) in [5.41, 5.74) is 0.0602. The first-order valence-electron chi connectivity index (χ1n) is 10.4. The van der Waals surface area contributed by atoms with Crippen LogP contribution in [0, 0.1) is 11.3 Å². The maximum Gasteiger partial charge on any atom is 0.255 e. The maximum absolute atomic E-state index is 14.2. The van der Waals surface area contributed by atoms with E-state index >= 15 is 0 Å². The van der Waals surface area contributed by atoms with Crippen molar-refractivity contribution in [2.75, 3.05) is 11.9 Å². The number of hydrogen-bond acceptors (Lipinski definition) is 7. The summed E-state index contributed by atoms with van der Waals surface area (Å²) >= 11 is 0. The number of hydrogen-bond donors (Lipinski definition) is 3. The number of rotatable bonds is 7. The molecule has 3 N–H and O–H groups in total. The fourth-order valence-electron chi connectivity index (χ4n) is 3.29. The molecular weight excluding hydrogens is 439 g/mol. The zero-order valence-electron chi connectivity index (χ0n) is 18.8. The fourth-order valence-corrected chi connectivity index (χ4v) is 3.29. The van der Waals surface area contributed by atoms with Gasteiger partial charge in [0.25, 0.3) is 5.91 Å². The highest BCUT2D eigenvalue weighted by atomic mass is 19.1. The van der Waals surface area contributed by atoms with Gasteiger partial charge in [0.05, 0.1) is 35.2 Å². The van der Waals surface area contributed by atoms with Gasteiger partial charge in [0.2, 0.25) is 0 Å². The SMILES string of the molecule is Cn1nccc1Nc1cc(-n2ccc3cc(C#N)cnc32)ncc1C(=O)NCC(F)C(C)(C)O. The van der Waals surface area contributed by atoms with Gasteiger partial charge in [-0.05, 0) is 26.0 Å². The van der Waals surface area contributed by atoms with E-state index in [-0.39, 0.29) is 12.1 Å². The van der Waals surface area contributed by atoms with Crippen molar-refractivity contribution < 1.29 is 14.3 Å². The van der Waals surface area contributed by atoms with Crippen molar-refractivity contribution in [2.24, 2.45) is 7.05 Å². The second kappa shape index (κ2) is 8.92. The van der Waals surface area contributed by atoms with Crippen LogP contribution in [0.3, 0.4) is 0 Å². The van der Waals surface area contributed by atoms with Gasteiger partial charge in [0.1, 0.15) is 29.5 Å². The molecule has 34 heavy (non-hydrogen) atoms. The van der Waals surface area contributed by atoms with Crippen molar-refractivity contribution in [3.05, 3.63) is 60.2 Å². The summed E-state index contributed by atoms with van der Waals surface area (Å²) in [6.45, 7) is 2.32. The van der Waals surface area contributed by atoms with Gasteiger partial charge in [-0.1, -0.05) is 0 Å². The molecule has 0 aliphatic carbocycles. The number of fused-ring (bicyclic) bond motifs is 1. The molecule has 10 nitrogen and oxygen atoms in total. The van der Waals surface area contributed by atoms with E-state index in [0.29, 0.717) is 28.5 Å². The number of nitrogens with one attached hydrogen (secondary N) is 2. The van der Waals surface area contributed by atoms with Gasteiger partial charge in [-0.3, -0.25) is 14.0 Å². The van der Waals surface area contributed by atoms with Crippen molar-refractivity contribution >= 4 is 28.4 Å². The number of carbonyl (C=O) groups excluding carboxylic acids is 1. The molecule has 0 saturated carbocycles. The zero-order valence-corrected chi connectivity index (χ0v) is 18.8. The Morgan fingerprint density at radius 3 is 2.76 bits per heavy atom. The highest BCUT2D eigenvalue weighted by molar-refractivity contribution is 6.00. The van der Waals surface area contributed by atoms with Gasteiger partial charge >= 0.3 is 0 Å². The van der Waals surface area contributed by atoms with Crippen molar-refractivity contribution in [1.82, 2.24) is 29.6 Å². The number of aliphatic hydroxyl groups is 1. The van der Waals surface area contributed by atoms with E-state index in [0.717, 1.165) is 5.39 Å². The number of amides is 1. The third-order valence-electron chi connectivity index (χ3n) is 5.33. The Morgan fingerprint density at radius 2 is 2.09 bits per heavy atom. The van der Waals surface area contributed by atoms with Gasteiger partial charge in [-0.15, -0.1) is 0 Å². The van der Waals surface area contributed by atoms with Crippen LogP contribution < -0.4 is 10.6 Å². The summed E-state index contributed by atoms with van der Waals surface area (Å²) in [4.78, 5) is 21.7. The van der Waals surface area contributed by atoms with Crippen molar-refractivity contribution in [1.29, 1.82) is 5.26 Å². The normalized spacial score (nSPS) is 12.4. The molecule has 0 radical (unpaired) electrons. The summed E-state index contributed by atoms with van der Waals surface area (Å²) in [6, 6.07) is 9.02. The third kappa shape index (κ3) is 4.57. The molecule has 0 aliphatic heterocycles. The quantitative estimate of drug-likeness (QED) is 0.384. The highest BCUT2D eigenvalue weighted by Crippen LogP contribution is 2.25. The Balaban J connectivity index is 1.71. The van der Waals surface area contributed by atoms with Crippen LogP contribution in [0.5, 0.6) is 0 Å². The van der Waals surface area contributed by atoms with E-state index in [9.17, 15) is 14.3 Å². The lowest BCUT2D eigenvalue weighted by atomic mass is 10.0. The van der Waals surface area contributed by atoms with Crippen LogP contribution in [-0.2, 0) is 7.05 Å². The lowest BCUT2D eigenvalue weighted by Gasteiger charge is -2.22.